The average Bonchev–Trinajstić information content (AvgIpc) is 2.94. The summed E-state index contributed by atoms with van der Waals surface area (Å²) in [6, 6.07) is 7.90. The van der Waals surface area contributed by atoms with Crippen LogP contribution < -0.4 is 10.5 Å². The van der Waals surface area contributed by atoms with Crippen LogP contribution >= 0.6 is 0 Å². The van der Waals surface area contributed by atoms with Crippen molar-refractivity contribution in [2.24, 2.45) is 35.3 Å². The van der Waals surface area contributed by atoms with E-state index < -0.39 is 64.4 Å². The zero-order chi connectivity index (χ0) is 32.2. The number of carbonyl (C=O) groups is 5. The summed E-state index contributed by atoms with van der Waals surface area (Å²) in [6.07, 6.45) is 3.11. The maximum atomic E-state index is 14.1. The summed E-state index contributed by atoms with van der Waals surface area (Å²) in [5.74, 6) is -9.51. The van der Waals surface area contributed by atoms with Gasteiger partial charge in [0.1, 0.15) is 11.5 Å². The molecule has 4 N–H and O–H groups in total. The Hall–Kier alpha value is -3.89. The summed E-state index contributed by atoms with van der Waals surface area (Å²) >= 11 is 0. The molecule has 10 nitrogen and oxygen atoms in total. The molecule has 0 spiro atoms. The van der Waals surface area contributed by atoms with E-state index in [1.807, 2.05) is 18.2 Å². The number of likely N-dealkylation sites (N-methyl/N-ethyl adjacent to an activating group) is 1. The van der Waals surface area contributed by atoms with Gasteiger partial charge in [0.15, 0.2) is 34.7 Å². The number of benzene rings is 2. The first-order chi connectivity index (χ1) is 20.7. The maximum Gasteiger partial charge on any atom is 0.235 e. The minimum Gasteiger partial charge on any atom is -0.507 e. The number of Topliss-reactive ketones (excluding diaryl/α,β-unsaturated/α-hetero) is 4. The molecule has 234 valence electrons. The lowest BCUT2D eigenvalue weighted by Gasteiger charge is -2.52. The second-order valence-electron chi connectivity index (χ2n) is 13.1. The molecule has 10 heteroatoms. The second-order valence-corrected chi connectivity index (χ2v) is 13.1. The van der Waals surface area contributed by atoms with Crippen molar-refractivity contribution in [3.05, 3.63) is 47.0 Å². The van der Waals surface area contributed by atoms with Crippen LogP contribution in [-0.2, 0) is 32.0 Å². The van der Waals surface area contributed by atoms with E-state index in [4.69, 9.17) is 10.5 Å². The van der Waals surface area contributed by atoms with E-state index in [1.54, 1.807) is 27.3 Å². The Bertz CT molecular complexity index is 1560. The number of nitrogens with zero attached hydrogens (tertiary/aromatic N) is 1. The highest BCUT2D eigenvalue weighted by molar-refractivity contribution is 6.32. The molecule has 44 heavy (non-hydrogen) atoms. The molecule has 0 aromatic heterocycles. The number of amides is 1. The first kappa shape index (κ1) is 31.5. The Morgan fingerprint density at radius 2 is 1.80 bits per heavy atom. The van der Waals surface area contributed by atoms with Gasteiger partial charge >= 0.3 is 0 Å². The lowest BCUT2D eigenvalue weighted by atomic mass is 9.52. The van der Waals surface area contributed by atoms with Crippen LogP contribution in [0.1, 0.15) is 54.6 Å². The van der Waals surface area contributed by atoms with E-state index in [2.05, 4.69) is 13.8 Å². The van der Waals surface area contributed by atoms with E-state index in [9.17, 15) is 34.2 Å². The topological polar surface area (TPSA) is 164 Å². The highest BCUT2D eigenvalue weighted by Crippen LogP contribution is 2.52. The average molecular weight is 605 g/mol. The molecule has 1 amide bonds. The maximum absolute atomic E-state index is 14.1. The van der Waals surface area contributed by atoms with Gasteiger partial charge in [-0.15, -0.1) is 0 Å². The number of ketones is 4. The lowest BCUT2D eigenvalue weighted by Crippen LogP contribution is -2.74. The Morgan fingerprint density at radius 3 is 2.41 bits per heavy atom. The molecule has 0 bridgehead atoms. The molecule has 0 radical (unpaired) electrons. The Labute approximate surface area is 256 Å². The molecule has 3 aliphatic rings. The summed E-state index contributed by atoms with van der Waals surface area (Å²) in [5, 5.41) is 22.7. The van der Waals surface area contributed by atoms with Gasteiger partial charge in [0.05, 0.1) is 24.6 Å². The van der Waals surface area contributed by atoms with Gasteiger partial charge in [-0.1, -0.05) is 32.4 Å². The van der Waals surface area contributed by atoms with Crippen molar-refractivity contribution in [1.82, 2.24) is 4.90 Å². The number of rotatable bonds is 8. The van der Waals surface area contributed by atoms with Crippen LogP contribution in [0.3, 0.4) is 0 Å². The SMILES string of the molecule is COc1ccc(CCCC(C)C)cc1-c1ccc(O)c2c1C[C@@H]1C[C@@H]3[C@@H](N(C)C)C(=O)C(C(N)=O)C(=O)[C@]3(O)C(=O)C1C2=O. The van der Waals surface area contributed by atoms with E-state index >= 15 is 0 Å². The number of phenols is 1. The third-order valence-electron chi connectivity index (χ3n) is 9.75. The first-order valence-corrected chi connectivity index (χ1v) is 15.1. The number of fused-ring (bicyclic) bond motifs is 3. The number of aromatic hydroxyl groups is 1. The first-order valence-electron chi connectivity index (χ1n) is 15.1. The summed E-state index contributed by atoms with van der Waals surface area (Å²) in [4.78, 5) is 68.7. The molecule has 2 aromatic rings. The van der Waals surface area contributed by atoms with Crippen LogP contribution in [0.2, 0.25) is 0 Å². The number of aliphatic hydroxyl groups is 1. The fourth-order valence-electron chi connectivity index (χ4n) is 7.69. The minimum atomic E-state index is -2.75. The molecule has 2 unspecified atom stereocenters. The van der Waals surface area contributed by atoms with Crippen molar-refractivity contribution in [3.63, 3.8) is 0 Å². The van der Waals surface area contributed by atoms with Gasteiger partial charge in [0, 0.05) is 11.5 Å². The number of hydrogen-bond acceptors (Lipinski definition) is 9. The minimum absolute atomic E-state index is 0.00856. The van der Waals surface area contributed by atoms with Gasteiger partial charge in [0.2, 0.25) is 5.91 Å². The molecule has 5 rings (SSSR count). The highest BCUT2D eigenvalue weighted by Gasteiger charge is 2.69. The van der Waals surface area contributed by atoms with Gasteiger partial charge in [-0.25, -0.2) is 0 Å². The van der Waals surface area contributed by atoms with Crippen LogP contribution in [0.4, 0.5) is 0 Å². The predicted molar refractivity (Wildman–Crippen MR) is 161 cm³/mol. The zero-order valence-corrected chi connectivity index (χ0v) is 25.8. The van der Waals surface area contributed by atoms with E-state index in [-0.39, 0.29) is 24.2 Å². The molecule has 2 aromatic carbocycles. The van der Waals surface area contributed by atoms with Crippen LogP contribution in [0, 0.1) is 29.6 Å². The second kappa shape index (κ2) is 11.6. The summed E-state index contributed by atoms with van der Waals surface area (Å²) in [6.45, 7) is 4.36. The smallest absolute Gasteiger partial charge is 0.235 e. The van der Waals surface area contributed by atoms with Gasteiger partial charge < -0.3 is 20.7 Å². The van der Waals surface area contributed by atoms with Crippen molar-refractivity contribution in [1.29, 1.82) is 0 Å². The largest absolute Gasteiger partial charge is 0.507 e. The normalized spacial score (nSPS) is 28.1. The van der Waals surface area contributed by atoms with Crippen molar-refractivity contribution in [2.75, 3.05) is 21.2 Å². The number of methoxy groups -OCH3 is 1. The fourth-order valence-corrected chi connectivity index (χ4v) is 7.69. The fraction of sp³-hybridized carbons (Fsp3) is 0.500. The highest BCUT2D eigenvalue weighted by atomic mass is 16.5. The number of hydrogen-bond donors (Lipinski definition) is 3. The summed E-state index contributed by atoms with van der Waals surface area (Å²) in [7, 11) is 4.68. The van der Waals surface area contributed by atoms with Gasteiger partial charge in [-0.05, 0) is 86.5 Å². The molecule has 0 aliphatic heterocycles. The number of aryl methyl sites for hydroxylation is 1. The molecular weight excluding hydrogens is 564 g/mol. The number of carbonyl (C=O) groups excluding carboxylic acids is 5. The molecule has 0 saturated heterocycles. The van der Waals surface area contributed by atoms with Crippen molar-refractivity contribution in [2.45, 2.75) is 57.6 Å². The Balaban J connectivity index is 1.61. The summed E-state index contributed by atoms with van der Waals surface area (Å²) in [5.41, 5.74) is 5.65. The van der Waals surface area contributed by atoms with Crippen LogP contribution in [-0.4, -0.2) is 77.0 Å². The predicted octanol–water partition coefficient (Wildman–Crippen LogP) is 2.52. The van der Waals surface area contributed by atoms with Crippen molar-refractivity contribution < 1.29 is 38.9 Å². The van der Waals surface area contributed by atoms with Crippen LogP contribution in [0.25, 0.3) is 11.1 Å². The number of primary amides is 1. The quantitative estimate of drug-likeness (QED) is 0.384. The number of phenolic OH excluding ortho intramolecular Hbond substituents is 1. The van der Waals surface area contributed by atoms with Gasteiger partial charge in [-0.3, -0.25) is 28.9 Å². The molecule has 2 saturated carbocycles. The van der Waals surface area contributed by atoms with Gasteiger partial charge in [-0.2, -0.15) is 0 Å². The van der Waals surface area contributed by atoms with Gasteiger partial charge in [0.25, 0.3) is 0 Å². The third kappa shape index (κ3) is 4.84. The molecule has 6 atom stereocenters. The standard InChI is InChI=1S/C34H40N2O8/c1-16(2)7-6-8-17-9-12-24(44-5)20(13-17)19-10-11-23(37)26-21(19)14-18-15-22-28(36(3)4)30(39)27(33(35)42)32(41)34(22,43)31(40)25(18)29(26)38/h9-13,16,18,22,25,27-28,37,43H,6-8,14-15H2,1-5H3,(H2,35,42)/t18-,22-,25?,27?,28-,34-/m1/s1. The number of nitrogens with two attached hydrogens (primary N) is 1. The summed E-state index contributed by atoms with van der Waals surface area (Å²) < 4.78 is 5.69. The van der Waals surface area contributed by atoms with E-state index in [0.717, 1.165) is 30.4 Å². The molecular formula is C34H40N2O8. The zero-order valence-electron chi connectivity index (χ0n) is 25.8. The van der Waals surface area contributed by atoms with Crippen molar-refractivity contribution in [3.8, 4) is 22.6 Å². The number of ether oxygens (including phenoxy) is 1. The molecule has 3 aliphatic carbocycles. The third-order valence-corrected chi connectivity index (χ3v) is 9.75. The Kier molecular flexibility index (Phi) is 8.28. The van der Waals surface area contributed by atoms with Crippen molar-refractivity contribution >= 4 is 29.0 Å². The Morgan fingerprint density at radius 1 is 1.09 bits per heavy atom. The van der Waals surface area contributed by atoms with Crippen LogP contribution in [0.5, 0.6) is 11.5 Å². The monoisotopic (exact) mass is 604 g/mol. The van der Waals surface area contributed by atoms with Crippen LogP contribution in [0.15, 0.2) is 30.3 Å². The van der Waals surface area contributed by atoms with E-state index in [0.29, 0.717) is 22.8 Å². The van der Waals surface area contributed by atoms with E-state index in [1.165, 1.54) is 11.0 Å². The molecule has 0 heterocycles. The molecule has 2 fully saturated rings. The lowest BCUT2D eigenvalue weighted by molar-refractivity contribution is -0.181.